The van der Waals surface area contributed by atoms with Crippen LogP contribution in [0.5, 0.6) is 5.75 Å². The summed E-state index contributed by atoms with van der Waals surface area (Å²) < 4.78 is 0.597. The Morgan fingerprint density at radius 1 is 1.54 bits per heavy atom. The van der Waals surface area contributed by atoms with Crippen molar-refractivity contribution < 1.29 is 15.0 Å². The number of carboxylic acids is 1. The van der Waals surface area contributed by atoms with Gasteiger partial charge in [-0.15, -0.1) is 0 Å². The zero-order valence-corrected chi connectivity index (χ0v) is 8.78. The topological polar surface area (TPSA) is 83.5 Å². The van der Waals surface area contributed by atoms with Crippen molar-refractivity contribution in [2.24, 2.45) is 0 Å². The number of phenols is 1. The lowest BCUT2D eigenvalue weighted by Gasteiger charge is -2.06. The number of phenolic OH excluding ortho intramolecular Hbond substituents is 1. The minimum absolute atomic E-state index is 0.0152. The van der Waals surface area contributed by atoms with Gasteiger partial charge in [-0.2, -0.15) is 0 Å². The minimum atomic E-state index is -0.914. The average Bonchev–Trinajstić information content (AvgIpc) is 2.06. The number of halogens is 1. The normalized spacial score (nSPS) is 9.92. The van der Waals surface area contributed by atoms with Crippen LogP contribution in [0.4, 0.5) is 5.69 Å². The summed E-state index contributed by atoms with van der Waals surface area (Å²) in [5, 5.41) is 17.7. The maximum atomic E-state index is 10.4. The summed E-state index contributed by atoms with van der Waals surface area (Å²) in [7, 11) is 0. The monoisotopic (exact) mass is 293 g/mol. The Labute approximate surface area is 88.5 Å². The Hall–Kier alpha value is -0.980. The van der Waals surface area contributed by atoms with Crippen LogP contribution in [0.15, 0.2) is 12.1 Å². The summed E-state index contributed by atoms with van der Waals surface area (Å²) in [6.07, 6.45) is -0.0806. The van der Waals surface area contributed by atoms with E-state index in [0.717, 1.165) is 0 Å². The van der Waals surface area contributed by atoms with Crippen LogP contribution in [0.2, 0.25) is 0 Å². The van der Waals surface area contributed by atoms with Crippen LogP contribution in [0, 0.1) is 3.57 Å². The lowest BCUT2D eigenvalue weighted by atomic mass is 10.1. The van der Waals surface area contributed by atoms with Crippen molar-refractivity contribution in [3.05, 3.63) is 21.3 Å². The molecule has 1 aromatic carbocycles. The van der Waals surface area contributed by atoms with Gasteiger partial charge in [-0.3, -0.25) is 4.79 Å². The molecule has 5 heteroatoms. The summed E-state index contributed by atoms with van der Waals surface area (Å²) in [5.74, 6) is -0.929. The van der Waals surface area contributed by atoms with E-state index in [1.807, 2.05) is 22.6 Å². The number of anilines is 1. The number of aliphatic carboxylic acids is 1. The van der Waals surface area contributed by atoms with Crippen molar-refractivity contribution in [3.8, 4) is 5.75 Å². The fourth-order valence-corrected chi connectivity index (χ4v) is 1.57. The predicted octanol–water partition coefficient (Wildman–Crippen LogP) is 1.21. The fraction of sp³-hybridized carbons (Fsp3) is 0.125. The number of hydrogen-bond donors (Lipinski definition) is 3. The zero-order valence-electron chi connectivity index (χ0n) is 6.62. The molecule has 1 rings (SSSR count). The molecule has 0 unspecified atom stereocenters. The van der Waals surface area contributed by atoms with Gasteiger partial charge in [0.25, 0.3) is 0 Å². The number of carboxylic acid groups (broad SMARTS) is 1. The molecule has 0 amide bonds. The summed E-state index contributed by atoms with van der Waals surface area (Å²) >= 11 is 1.92. The predicted molar refractivity (Wildman–Crippen MR) is 56.6 cm³/mol. The van der Waals surface area contributed by atoms with E-state index in [-0.39, 0.29) is 17.9 Å². The van der Waals surface area contributed by atoms with E-state index < -0.39 is 5.97 Å². The van der Waals surface area contributed by atoms with Crippen molar-refractivity contribution >= 4 is 34.2 Å². The highest BCUT2D eigenvalue weighted by molar-refractivity contribution is 14.1. The number of hydrogen-bond acceptors (Lipinski definition) is 3. The number of carbonyl (C=O) groups is 1. The van der Waals surface area contributed by atoms with E-state index >= 15 is 0 Å². The Morgan fingerprint density at radius 2 is 2.15 bits per heavy atom. The van der Waals surface area contributed by atoms with Gasteiger partial charge in [0.15, 0.2) is 0 Å². The van der Waals surface area contributed by atoms with Gasteiger partial charge in [0.05, 0.1) is 12.1 Å². The second-order valence-electron chi connectivity index (χ2n) is 2.54. The minimum Gasteiger partial charge on any atom is -0.506 e. The van der Waals surface area contributed by atoms with E-state index in [0.29, 0.717) is 9.13 Å². The lowest BCUT2D eigenvalue weighted by Crippen LogP contribution is -2.03. The van der Waals surface area contributed by atoms with Gasteiger partial charge in [-0.05, 0) is 34.2 Å². The molecule has 0 aliphatic rings. The van der Waals surface area contributed by atoms with Crippen LogP contribution < -0.4 is 5.73 Å². The molecule has 0 aliphatic carbocycles. The molecule has 0 fully saturated rings. The molecule has 13 heavy (non-hydrogen) atoms. The number of nitrogen functional groups attached to an aromatic ring is 1. The zero-order chi connectivity index (χ0) is 10.0. The highest BCUT2D eigenvalue weighted by atomic mass is 127. The van der Waals surface area contributed by atoms with Gasteiger partial charge >= 0.3 is 5.97 Å². The summed E-state index contributed by atoms with van der Waals surface area (Å²) in [4.78, 5) is 10.4. The lowest BCUT2D eigenvalue weighted by molar-refractivity contribution is -0.136. The highest BCUT2D eigenvalue weighted by Gasteiger charge is 2.09. The van der Waals surface area contributed by atoms with Crippen LogP contribution in [-0.4, -0.2) is 16.2 Å². The Balaban J connectivity index is 3.10. The molecular formula is C8H8INO3. The summed E-state index contributed by atoms with van der Waals surface area (Å²) in [6, 6.07) is 2.96. The van der Waals surface area contributed by atoms with Crippen LogP contribution in [0.25, 0.3) is 0 Å². The smallest absolute Gasteiger partial charge is 0.307 e. The van der Waals surface area contributed by atoms with Crippen molar-refractivity contribution in [3.63, 3.8) is 0 Å². The Bertz CT molecular complexity index is 351. The Morgan fingerprint density at radius 3 is 2.69 bits per heavy atom. The molecule has 0 heterocycles. The van der Waals surface area contributed by atoms with Crippen molar-refractivity contribution in [2.45, 2.75) is 6.42 Å². The average molecular weight is 293 g/mol. The third-order valence-electron chi connectivity index (χ3n) is 1.58. The SMILES string of the molecule is Nc1c(O)ccc(CC(=O)O)c1I. The maximum Gasteiger partial charge on any atom is 0.307 e. The number of rotatable bonds is 2. The molecule has 0 atom stereocenters. The molecular weight excluding hydrogens is 285 g/mol. The molecule has 4 N–H and O–H groups in total. The first-order chi connectivity index (χ1) is 6.02. The second-order valence-corrected chi connectivity index (χ2v) is 3.62. The highest BCUT2D eigenvalue weighted by Crippen LogP contribution is 2.28. The van der Waals surface area contributed by atoms with Crippen molar-refractivity contribution in [2.75, 3.05) is 5.73 Å². The molecule has 0 saturated carbocycles. The van der Waals surface area contributed by atoms with Gasteiger partial charge in [-0.1, -0.05) is 6.07 Å². The summed E-state index contributed by atoms with van der Waals surface area (Å²) in [6.45, 7) is 0. The first-order valence-electron chi connectivity index (χ1n) is 3.50. The van der Waals surface area contributed by atoms with E-state index in [9.17, 15) is 9.90 Å². The number of aromatic hydroxyl groups is 1. The largest absolute Gasteiger partial charge is 0.506 e. The summed E-state index contributed by atoms with van der Waals surface area (Å²) in [5.41, 5.74) is 6.36. The molecule has 4 nitrogen and oxygen atoms in total. The molecule has 70 valence electrons. The molecule has 0 radical (unpaired) electrons. The van der Waals surface area contributed by atoms with Crippen LogP contribution in [0.1, 0.15) is 5.56 Å². The van der Waals surface area contributed by atoms with Gasteiger partial charge < -0.3 is 15.9 Å². The third kappa shape index (κ3) is 2.24. The first-order valence-corrected chi connectivity index (χ1v) is 4.58. The first kappa shape index (κ1) is 10.1. The molecule has 0 bridgehead atoms. The standard InChI is InChI=1S/C8H8INO3/c9-7-4(3-6(12)13)1-2-5(11)8(7)10/h1-2,11H,3,10H2,(H,12,13). The van der Waals surface area contributed by atoms with Gasteiger partial charge in [0.2, 0.25) is 0 Å². The third-order valence-corrected chi connectivity index (χ3v) is 2.85. The molecule has 1 aromatic rings. The van der Waals surface area contributed by atoms with E-state index in [2.05, 4.69) is 0 Å². The number of nitrogens with two attached hydrogens (primary N) is 1. The van der Waals surface area contributed by atoms with E-state index in [1.54, 1.807) is 6.07 Å². The van der Waals surface area contributed by atoms with Crippen molar-refractivity contribution in [1.82, 2.24) is 0 Å². The number of benzene rings is 1. The van der Waals surface area contributed by atoms with E-state index in [1.165, 1.54) is 6.07 Å². The molecule has 0 saturated heterocycles. The maximum absolute atomic E-state index is 10.4. The van der Waals surface area contributed by atoms with Crippen molar-refractivity contribution in [1.29, 1.82) is 0 Å². The van der Waals surface area contributed by atoms with Crippen LogP contribution in [0.3, 0.4) is 0 Å². The van der Waals surface area contributed by atoms with Gasteiger partial charge in [0.1, 0.15) is 5.75 Å². The molecule has 0 aliphatic heterocycles. The van der Waals surface area contributed by atoms with Gasteiger partial charge in [0, 0.05) is 3.57 Å². The Kier molecular flexibility index (Phi) is 2.97. The quantitative estimate of drug-likeness (QED) is 0.435. The van der Waals surface area contributed by atoms with Gasteiger partial charge in [-0.25, -0.2) is 0 Å². The second kappa shape index (κ2) is 3.82. The molecule has 0 spiro atoms. The molecule has 0 aromatic heterocycles. The van der Waals surface area contributed by atoms with Crippen LogP contribution in [-0.2, 0) is 11.2 Å². The van der Waals surface area contributed by atoms with Crippen LogP contribution >= 0.6 is 22.6 Å². The van der Waals surface area contributed by atoms with E-state index in [4.69, 9.17) is 10.8 Å². The fourth-order valence-electron chi connectivity index (χ4n) is 0.927.